The maximum Gasteiger partial charge on any atom is 0.316 e. The van der Waals surface area contributed by atoms with Crippen molar-refractivity contribution in [3.05, 3.63) is 16.1 Å². The van der Waals surface area contributed by atoms with Crippen LogP contribution in [-0.4, -0.2) is 17.1 Å². The van der Waals surface area contributed by atoms with Crippen LogP contribution in [0.25, 0.3) is 0 Å². The first-order valence-corrected chi connectivity index (χ1v) is 6.88. The summed E-state index contributed by atoms with van der Waals surface area (Å²) in [6.45, 7) is 6.43. The van der Waals surface area contributed by atoms with Crippen molar-refractivity contribution >= 4 is 17.4 Å². The number of amides is 2. The summed E-state index contributed by atoms with van der Waals surface area (Å²) in [6, 6.07) is -0.496. The fourth-order valence-electron chi connectivity index (χ4n) is 1.36. The Morgan fingerprint density at radius 2 is 2.33 bits per heavy atom. The molecule has 4 nitrogen and oxygen atoms in total. The average Bonchev–Trinajstić information content (AvgIpc) is 2.81. The number of carbonyl (C=O) groups excluding carboxylic acids is 1. The van der Waals surface area contributed by atoms with Gasteiger partial charge in [-0.05, 0) is 12.3 Å². The molecule has 0 fully saturated rings. The largest absolute Gasteiger partial charge is 0.332 e. The minimum Gasteiger partial charge on any atom is -0.332 e. The molecule has 0 saturated carbocycles. The van der Waals surface area contributed by atoms with E-state index in [2.05, 4.69) is 28.5 Å². The third-order valence-corrected chi connectivity index (χ3v) is 3.51. The standard InChI is InChI=1S/C13H19N3OS/c1-5-11(9(3)4)16-13(17)14-7-10-8-18-12(6-2)15-10/h1,8-9,11H,6-7H2,2-4H3,(H2,14,16,17)/t11-/m1/s1. The molecular weight excluding hydrogens is 246 g/mol. The minimum absolute atomic E-state index is 0.215. The second kappa shape index (κ2) is 7.02. The molecule has 0 aliphatic heterocycles. The van der Waals surface area contributed by atoms with Gasteiger partial charge in [0.1, 0.15) is 0 Å². The Labute approximate surface area is 112 Å². The summed E-state index contributed by atoms with van der Waals surface area (Å²) in [5, 5.41) is 8.54. The van der Waals surface area contributed by atoms with E-state index >= 15 is 0 Å². The number of hydrogen-bond donors (Lipinski definition) is 2. The van der Waals surface area contributed by atoms with Gasteiger partial charge < -0.3 is 10.6 Å². The normalized spacial score (nSPS) is 11.9. The summed E-state index contributed by atoms with van der Waals surface area (Å²) in [5.74, 6) is 2.77. The maximum absolute atomic E-state index is 11.6. The predicted octanol–water partition coefficient (Wildman–Crippen LogP) is 2.16. The predicted molar refractivity (Wildman–Crippen MR) is 74.3 cm³/mol. The zero-order valence-electron chi connectivity index (χ0n) is 11.0. The van der Waals surface area contributed by atoms with Gasteiger partial charge in [-0.3, -0.25) is 0 Å². The number of thiazole rings is 1. The quantitative estimate of drug-likeness (QED) is 0.802. The number of rotatable bonds is 5. The molecule has 1 heterocycles. The van der Waals surface area contributed by atoms with E-state index in [1.807, 2.05) is 19.2 Å². The molecule has 0 aromatic carbocycles. The van der Waals surface area contributed by atoms with Crippen LogP contribution in [0.1, 0.15) is 31.5 Å². The Morgan fingerprint density at radius 3 is 2.83 bits per heavy atom. The first-order chi connectivity index (χ1) is 8.56. The van der Waals surface area contributed by atoms with Crippen LogP contribution in [0, 0.1) is 18.3 Å². The molecular formula is C13H19N3OS. The highest BCUT2D eigenvalue weighted by Gasteiger charge is 2.13. The van der Waals surface area contributed by atoms with Crippen LogP contribution in [0.2, 0.25) is 0 Å². The van der Waals surface area contributed by atoms with Crippen molar-refractivity contribution < 1.29 is 4.79 Å². The van der Waals surface area contributed by atoms with E-state index in [1.54, 1.807) is 11.3 Å². The van der Waals surface area contributed by atoms with Gasteiger partial charge in [-0.15, -0.1) is 17.8 Å². The second-order valence-electron chi connectivity index (χ2n) is 4.30. The number of aryl methyl sites for hydroxylation is 1. The van der Waals surface area contributed by atoms with Crippen LogP contribution in [0.5, 0.6) is 0 Å². The molecule has 1 atom stereocenters. The highest BCUT2D eigenvalue weighted by Crippen LogP contribution is 2.09. The van der Waals surface area contributed by atoms with E-state index in [-0.39, 0.29) is 18.0 Å². The number of nitrogens with one attached hydrogen (secondary N) is 2. The molecule has 1 aromatic heterocycles. The van der Waals surface area contributed by atoms with Gasteiger partial charge in [-0.25, -0.2) is 9.78 Å². The van der Waals surface area contributed by atoms with Gasteiger partial charge >= 0.3 is 6.03 Å². The van der Waals surface area contributed by atoms with E-state index in [9.17, 15) is 4.79 Å². The van der Waals surface area contributed by atoms with Crippen molar-refractivity contribution in [3.63, 3.8) is 0 Å². The van der Waals surface area contributed by atoms with Gasteiger partial charge in [0.05, 0.1) is 23.3 Å². The Bertz CT molecular complexity index is 434. The van der Waals surface area contributed by atoms with E-state index in [1.165, 1.54) is 0 Å². The van der Waals surface area contributed by atoms with E-state index in [0.29, 0.717) is 6.54 Å². The molecule has 0 saturated heterocycles. The summed E-state index contributed by atoms with van der Waals surface area (Å²) in [7, 11) is 0. The molecule has 2 N–H and O–H groups in total. The van der Waals surface area contributed by atoms with Crippen molar-refractivity contribution in [2.75, 3.05) is 0 Å². The van der Waals surface area contributed by atoms with Gasteiger partial charge in [-0.1, -0.05) is 26.7 Å². The topological polar surface area (TPSA) is 54.0 Å². The summed E-state index contributed by atoms with van der Waals surface area (Å²) in [4.78, 5) is 16.0. The number of hydrogen-bond acceptors (Lipinski definition) is 3. The number of carbonyl (C=O) groups is 1. The lowest BCUT2D eigenvalue weighted by Crippen LogP contribution is -2.43. The molecule has 0 radical (unpaired) electrons. The number of aromatic nitrogens is 1. The van der Waals surface area contributed by atoms with Crippen molar-refractivity contribution in [1.82, 2.24) is 15.6 Å². The minimum atomic E-state index is -0.252. The fourth-order valence-corrected chi connectivity index (χ4v) is 2.10. The Balaban J connectivity index is 2.39. The molecule has 0 aliphatic carbocycles. The van der Waals surface area contributed by atoms with Gasteiger partial charge in [-0.2, -0.15) is 0 Å². The van der Waals surface area contributed by atoms with Crippen molar-refractivity contribution in [1.29, 1.82) is 0 Å². The smallest absolute Gasteiger partial charge is 0.316 e. The molecule has 2 amide bonds. The highest BCUT2D eigenvalue weighted by atomic mass is 32.1. The maximum atomic E-state index is 11.6. The van der Waals surface area contributed by atoms with Crippen LogP contribution >= 0.6 is 11.3 Å². The molecule has 0 spiro atoms. The zero-order chi connectivity index (χ0) is 13.5. The SMILES string of the molecule is C#C[C@@H](NC(=O)NCc1csc(CC)n1)C(C)C. The Morgan fingerprint density at radius 1 is 1.61 bits per heavy atom. The monoisotopic (exact) mass is 265 g/mol. The lowest BCUT2D eigenvalue weighted by Gasteiger charge is -2.16. The number of urea groups is 1. The van der Waals surface area contributed by atoms with E-state index in [0.717, 1.165) is 17.1 Å². The lowest BCUT2D eigenvalue weighted by molar-refractivity contribution is 0.236. The summed E-state index contributed by atoms with van der Waals surface area (Å²) in [5.41, 5.74) is 0.883. The van der Waals surface area contributed by atoms with Crippen LogP contribution in [0.4, 0.5) is 4.79 Å². The molecule has 0 aliphatic rings. The third kappa shape index (κ3) is 4.38. The molecule has 5 heteroatoms. The Hall–Kier alpha value is -1.54. The van der Waals surface area contributed by atoms with Gasteiger partial charge in [0.25, 0.3) is 0 Å². The number of terminal acetylenes is 1. The van der Waals surface area contributed by atoms with Crippen molar-refractivity contribution in [2.24, 2.45) is 5.92 Å². The number of nitrogens with zero attached hydrogens (tertiary/aromatic N) is 1. The van der Waals surface area contributed by atoms with Crippen LogP contribution in [-0.2, 0) is 13.0 Å². The van der Waals surface area contributed by atoms with Crippen LogP contribution in [0.15, 0.2) is 5.38 Å². The van der Waals surface area contributed by atoms with Gasteiger partial charge in [0, 0.05) is 5.38 Å². The van der Waals surface area contributed by atoms with E-state index in [4.69, 9.17) is 6.42 Å². The first-order valence-electron chi connectivity index (χ1n) is 6.00. The average molecular weight is 265 g/mol. The lowest BCUT2D eigenvalue weighted by atomic mass is 10.1. The summed E-state index contributed by atoms with van der Waals surface area (Å²) in [6.07, 6.45) is 6.27. The van der Waals surface area contributed by atoms with Gasteiger partial charge in [0.15, 0.2) is 0 Å². The van der Waals surface area contributed by atoms with Gasteiger partial charge in [0.2, 0.25) is 0 Å². The van der Waals surface area contributed by atoms with E-state index < -0.39 is 0 Å². The van der Waals surface area contributed by atoms with Crippen LogP contribution in [0.3, 0.4) is 0 Å². The Kier molecular flexibility index (Phi) is 5.66. The zero-order valence-corrected chi connectivity index (χ0v) is 11.8. The first kappa shape index (κ1) is 14.5. The molecule has 0 unspecified atom stereocenters. The van der Waals surface area contributed by atoms with Crippen molar-refractivity contribution in [2.45, 2.75) is 39.8 Å². The van der Waals surface area contributed by atoms with Crippen LogP contribution < -0.4 is 10.6 Å². The molecule has 1 aromatic rings. The summed E-state index contributed by atoms with van der Waals surface area (Å²) >= 11 is 1.61. The second-order valence-corrected chi connectivity index (χ2v) is 5.24. The third-order valence-electron chi connectivity index (χ3n) is 2.46. The molecule has 98 valence electrons. The molecule has 18 heavy (non-hydrogen) atoms. The van der Waals surface area contributed by atoms with Crippen molar-refractivity contribution in [3.8, 4) is 12.3 Å². The fraction of sp³-hybridized carbons (Fsp3) is 0.538. The molecule has 1 rings (SSSR count). The highest BCUT2D eigenvalue weighted by molar-refractivity contribution is 7.09. The molecule has 0 bridgehead atoms. The summed E-state index contributed by atoms with van der Waals surface area (Å²) < 4.78 is 0.